The fourth-order valence-electron chi connectivity index (χ4n) is 2.00. The topological polar surface area (TPSA) is 0 Å². The van der Waals surface area contributed by atoms with Crippen molar-refractivity contribution >= 4 is 21.4 Å². The molecule has 14 heavy (non-hydrogen) atoms. The van der Waals surface area contributed by atoms with E-state index in [1.54, 1.807) is 5.56 Å². The number of fused-ring (bicyclic) bond motifs is 1. The SMILES string of the molecule is CCC(C)c1c(C)sc2ccccc12. The molecule has 1 aromatic carbocycles. The summed E-state index contributed by atoms with van der Waals surface area (Å²) in [5.74, 6) is 0.686. The molecule has 1 aromatic heterocycles. The summed E-state index contributed by atoms with van der Waals surface area (Å²) in [5, 5.41) is 1.46. The van der Waals surface area contributed by atoms with Gasteiger partial charge < -0.3 is 0 Å². The van der Waals surface area contributed by atoms with E-state index in [0.29, 0.717) is 5.92 Å². The molecule has 0 aliphatic rings. The lowest BCUT2D eigenvalue weighted by atomic mass is 9.96. The van der Waals surface area contributed by atoms with Gasteiger partial charge in [0.05, 0.1) is 0 Å². The lowest BCUT2D eigenvalue weighted by molar-refractivity contribution is 0.738. The predicted molar refractivity (Wildman–Crippen MR) is 65.3 cm³/mol. The van der Waals surface area contributed by atoms with Gasteiger partial charge in [0.2, 0.25) is 0 Å². The molecule has 1 heteroatoms. The minimum Gasteiger partial charge on any atom is -0.140 e. The van der Waals surface area contributed by atoms with Crippen molar-refractivity contribution in [3.63, 3.8) is 0 Å². The van der Waals surface area contributed by atoms with Crippen LogP contribution in [0.15, 0.2) is 24.3 Å². The van der Waals surface area contributed by atoms with E-state index in [4.69, 9.17) is 0 Å². The van der Waals surface area contributed by atoms with E-state index in [9.17, 15) is 0 Å². The smallest absolute Gasteiger partial charge is 0.0348 e. The molecule has 0 saturated heterocycles. The van der Waals surface area contributed by atoms with Crippen LogP contribution in [0.5, 0.6) is 0 Å². The number of aryl methyl sites for hydroxylation is 1. The van der Waals surface area contributed by atoms with Crippen molar-refractivity contribution in [3.8, 4) is 0 Å². The van der Waals surface area contributed by atoms with Crippen LogP contribution in [0.2, 0.25) is 0 Å². The lowest BCUT2D eigenvalue weighted by Gasteiger charge is -2.08. The highest BCUT2D eigenvalue weighted by atomic mass is 32.1. The van der Waals surface area contributed by atoms with Gasteiger partial charge in [-0.3, -0.25) is 0 Å². The van der Waals surface area contributed by atoms with Crippen LogP contribution in [-0.2, 0) is 0 Å². The van der Waals surface area contributed by atoms with Crippen LogP contribution in [-0.4, -0.2) is 0 Å². The maximum Gasteiger partial charge on any atom is 0.0348 e. The fourth-order valence-corrected chi connectivity index (χ4v) is 3.19. The third-order valence-corrected chi connectivity index (χ3v) is 4.03. The number of thiophene rings is 1. The highest BCUT2D eigenvalue weighted by Gasteiger charge is 2.12. The Balaban J connectivity index is 2.67. The van der Waals surface area contributed by atoms with Crippen molar-refractivity contribution in [2.75, 3.05) is 0 Å². The molecule has 0 spiro atoms. The molecule has 1 unspecified atom stereocenters. The highest BCUT2D eigenvalue weighted by molar-refractivity contribution is 7.19. The molecule has 0 bridgehead atoms. The maximum atomic E-state index is 2.32. The quantitative estimate of drug-likeness (QED) is 0.663. The molecule has 0 aliphatic heterocycles. The second-order valence-electron chi connectivity index (χ2n) is 3.88. The number of hydrogen-bond acceptors (Lipinski definition) is 1. The Hall–Kier alpha value is -0.820. The summed E-state index contributed by atoms with van der Waals surface area (Å²) in [5.41, 5.74) is 1.56. The van der Waals surface area contributed by atoms with E-state index >= 15 is 0 Å². The van der Waals surface area contributed by atoms with Crippen LogP contribution in [0.3, 0.4) is 0 Å². The average Bonchev–Trinajstić information content (AvgIpc) is 2.53. The first-order valence-corrected chi connectivity index (χ1v) is 6.03. The van der Waals surface area contributed by atoms with Crippen molar-refractivity contribution in [3.05, 3.63) is 34.7 Å². The van der Waals surface area contributed by atoms with Gasteiger partial charge in [-0.2, -0.15) is 0 Å². The molecular formula is C13H16S. The van der Waals surface area contributed by atoms with Crippen molar-refractivity contribution in [1.29, 1.82) is 0 Å². The third-order valence-electron chi connectivity index (χ3n) is 2.92. The molecule has 2 rings (SSSR count). The molecule has 0 fully saturated rings. The predicted octanol–water partition coefficient (Wildman–Crippen LogP) is 4.72. The van der Waals surface area contributed by atoms with E-state index < -0.39 is 0 Å². The van der Waals surface area contributed by atoms with Gasteiger partial charge in [-0.1, -0.05) is 32.0 Å². The van der Waals surface area contributed by atoms with Gasteiger partial charge in [0.25, 0.3) is 0 Å². The van der Waals surface area contributed by atoms with Crippen LogP contribution in [0.4, 0.5) is 0 Å². The standard InChI is InChI=1S/C13H16S/c1-4-9(2)13-10(3)14-12-8-6-5-7-11(12)13/h5-9H,4H2,1-3H3. The Morgan fingerprint density at radius 3 is 2.71 bits per heavy atom. The summed E-state index contributed by atoms with van der Waals surface area (Å²) in [6, 6.07) is 8.73. The first kappa shape index (κ1) is 9.72. The van der Waals surface area contributed by atoms with Gasteiger partial charge in [0.15, 0.2) is 0 Å². The largest absolute Gasteiger partial charge is 0.140 e. The molecule has 0 nitrogen and oxygen atoms in total. The summed E-state index contributed by atoms with van der Waals surface area (Å²) in [7, 11) is 0. The molecule has 2 aromatic rings. The van der Waals surface area contributed by atoms with E-state index in [1.807, 2.05) is 11.3 Å². The molecule has 1 atom stereocenters. The second kappa shape index (κ2) is 3.74. The maximum absolute atomic E-state index is 2.32. The Labute approximate surface area is 89.6 Å². The van der Waals surface area contributed by atoms with E-state index in [0.717, 1.165) is 0 Å². The fraction of sp³-hybridized carbons (Fsp3) is 0.385. The van der Waals surface area contributed by atoms with E-state index in [-0.39, 0.29) is 0 Å². The zero-order chi connectivity index (χ0) is 10.1. The van der Waals surface area contributed by atoms with Crippen LogP contribution in [0.1, 0.15) is 36.6 Å². The van der Waals surface area contributed by atoms with Gasteiger partial charge in [-0.05, 0) is 36.3 Å². The normalized spacial score (nSPS) is 13.4. The van der Waals surface area contributed by atoms with Crippen molar-refractivity contribution in [2.45, 2.75) is 33.1 Å². The second-order valence-corrected chi connectivity index (χ2v) is 5.13. The average molecular weight is 204 g/mol. The van der Waals surface area contributed by atoms with Gasteiger partial charge in [0, 0.05) is 9.58 Å². The van der Waals surface area contributed by atoms with Crippen LogP contribution >= 0.6 is 11.3 Å². The van der Waals surface area contributed by atoms with Crippen molar-refractivity contribution in [2.24, 2.45) is 0 Å². The Morgan fingerprint density at radius 1 is 1.29 bits per heavy atom. The summed E-state index contributed by atoms with van der Waals surface area (Å²) >= 11 is 1.92. The monoisotopic (exact) mass is 204 g/mol. The zero-order valence-electron chi connectivity index (χ0n) is 9.00. The summed E-state index contributed by atoms with van der Waals surface area (Å²) in [6.45, 7) is 6.82. The lowest BCUT2D eigenvalue weighted by Crippen LogP contribution is -1.91. The van der Waals surface area contributed by atoms with E-state index in [2.05, 4.69) is 45.0 Å². The molecule has 1 heterocycles. The zero-order valence-corrected chi connectivity index (χ0v) is 9.82. The van der Waals surface area contributed by atoms with Gasteiger partial charge in [-0.25, -0.2) is 0 Å². The Kier molecular flexibility index (Phi) is 2.60. The third kappa shape index (κ3) is 1.46. The molecule has 0 N–H and O–H groups in total. The van der Waals surface area contributed by atoms with Crippen molar-refractivity contribution in [1.82, 2.24) is 0 Å². The van der Waals surface area contributed by atoms with Crippen LogP contribution in [0, 0.1) is 6.92 Å². The summed E-state index contributed by atoms with van der Waals surface area (Å²) in [4.78, 5) is 1.49. The molecule has 74 valence electrons. The number of rotatable bonds is 2. The van der Waals surface area contributed by atoms with Crippen LogP contribution in [0.25, 0.3) is 10.1 Å². The summed E-state index contributed by atoms with van der Waals surface area (Å²) < 4.78 is 1.43. The number of hydrogen-bond donors (Lipinski definition) is 0. The van der Waals surface area contributed by atoms with Gasteiger partial charge in [-0.15, -0.1) is 11.3 Å². The summed E-state index contributed by atoms with van der Waals surface area (Å²) in [6.07, 6.45) is 1.22. The van der Waals surface area contributed by atoms with Crippen molar-refractivity contribution < 1.29 is 0 Å². The Morgan fingerprint density at radius 2 is 2.00 bits per heavy atom. The minimum absolute atomic E-state index is 0.686. The van der Waals surface area contributed by atoms with E-state index in [1.165, 1.54) is 21.4 Å². The number of benzene rings is 1. The highest BCUT2D eigenvalue weighted by Crippen LogP contribution is 2.36. The minimum atomic E-state index is 0.686. The molecule has 0 radical (unpaired) electrons. The molecule has 0 aliphatic carbocycles. The van der Waals surface area contributed by atoms with Gasteiger partial charge >= 0.3 is 0 Å². The molecular weight excluding hydrogens is 188 g/mol. The van der Waals surface area contributed by atoms with Gasteiger partial charge in [0.1, 0.15) is 0 Å². The first-order valence-electron chi connectivity index (χ1n) is 5.22. The first-order chi connectivity index (χ1) is 6.74. The Bertz CT molecular complexity index is 439. The molecule has 0 saturated carbocycles. The molecule has 0 amide bonds. The van der Waals surface area contributed by atoms with Crippen LogP contribution < -0.4 is 0 Å².